The van der Waals surface area contributed by atoms with Crippen LogP contribution in [-0.4, -0.2) is 60.4 Å². The van der Waals surface area contributed by atoms with Crippen LogP contribution in [0.5, 0.6) is 0 Å². The lowest BCUT2D eigenvalue weighted by Gasteiger charge is -2.38. The number of likely N-dealkylation sites (N-methyl/N-ethyl adjacent to an activating group) is 1. The maximum Gasteiger partial charge on any atom is 0.323 e. The number of nitrogens with one attached hydrogen (secondary N) is 1. The van der Waals surface area contributed by atoms with E-state index in [4.69, 9.17) is 4.74 Å². The molecule has 0 aliphatic carbocycles. The van der Waals surface area contributed by atoms with Crippen LogP contribution < -0.4 is 5.32 Å². The third kappa shape index (κ3) is 4.44. The molecule has 1 saturated heterocycles. The molecule has 1 aliphatic heterocycles. The van der Waals surface area contributed by atoms with E-state index < -0.39 is 11.5 Å². The van der Waals surface area contributed by atoms with Crippen LogP contribution in [0.3, 0.4) is 0 Å². The first-order chi connectivity index (χ1) is 8.92. The van der Waals surface area contributed by atoms with E-state index >= 15 is 0 Å². The van der Waals surface area contributed by atoms with Crippen molar-refractivity contribution in [1.29, 1.82) is 0 Å². The summed E-state index contributed by atoms with van der Waals surface area (Å²) in [5, 5.41) is 12.2. The van der Waals surface area contributed by atoms with Gasteiger partial charge >= 0.3 is 5.97 Å². The molecule has 5 heteroatoms. The van der Waals surface area contributed by atoms with Crippen LogP contribution in [0.1, 0.15) is 40.0 Å². The fourth-order valence-corrected chi connectivity index (χ4v) is 2.74. The summed E-state index contributed by atoms with van der Waals surface area (Å²) in [5.41, 5.74) is -0.851. The van der Waals surface area contributed by atoms with Gasteiger partial charge in [-0.1, -0.05) is 0 Å². The van der Waals surface area contributed by atoms with Gasteiger partial charge in [0.15, 0.2) is 0 Å². The molecule has 1 aliphatic rings. The van der Waals surface area contributed by atoms with Crippen molar-refractivity contribution in [3.63, 3.8) is 0 Å². The predicted molar refractivity (Wildman–Crippen MR) is 75.4 cm³/mol. The number of ether oxygens (including phenoxy) is 1. The van der Waals surface area contributed by atoms with Crippen molar-refractivity contribution in [3.05, 3.63) is 0 Å². The fraction of sp³-hybridized carbons (Fsp3) is 0.929. The van der Waals surface area contributed by atoms with E-state index in [-0.39, 0.29) is 6.04 Å². The van der Waals surface area contributed by atoms with Crippen molar-refractivity contribution < 1.29 is 14.6 Å². The highest BCUT2D eigenvalue weighted by Gasteiger charge is 2.35. The Hall–Kier alpha value is -0.650. The largest absolute Gasteiger partial charge is 0.480 e. The summed E-state index contributed by atoms with van der Waals surface area (Å²) in [5.74, 6) is -0.786. The highest BCUT2D eigenvalue weighted by atomic mass is 16.5. The lowest BCUT2D eigenvalue weighted by atomic mass is 9.92. The summed E-state index contributed by atoms with van der Waals surface area (Å²) < 4.78 is 5.64. The number of piperidine rings is 1. The van der Waals surface area contributed by atoms with Gasteiger partial charge in [0.1, 0.15) is 5.54 Å². The topological polar surface area (TPSA) is 61.8 Å². The van der Waals surface area contributed by atoms with Crippen molar-refractivity contribution in [1.82, 2.24) is 10.2 Å². The van der Waals surface area contributed by atoms with Gasteiger partial charge in [-0.2, -0.15) is 0 Å². The zero-order valence-electron chi connectivity index (χ0n) is 12.6. The molecular formula is C14H28N2O3. The van der Waals surface area contributed by atoms with Crippen LogP contribution in [-0.2, 0) is 9.53 Å². The number of aliphatic carboxylic acids is 1. The molecule has 0 bridgehead atoms. The molecule has 0 radical (unpaired) electrons. The summed E-state index contributed by atoms with van der Waals surface area (Å²) >= 11 is 0. The van der Waals surface area contributed by atoms with Crippen LogP contribution in [0.25, 0.3) is 0 Å². The fourth-order valence-electron chi connectivity index (χ4n) is 2.74. The molecule has 2 unspecified atom stereocenters. The Balaban J connectivity index is 2.47. The molecule has 0 aromatic rings. The normalized spacial score (nSPS) is 22.9. The molecule has 0 aromatic heterocycles. The average Bonchev–Trinajstić information content (AvgIpc) is 2.39. The number of carbonyl (C=O) groups is 1. The molecule has 2 N–H and O–H groups in total. The van der Waals surface area contributed by atoms with Crippen LogP contribution in [0.4, 0.5) is 0 Å². The Morgan fingerprint density at radius 2 is 2.11 bits per heavy atom. The average molecular weight is 272 g/mol. The second kappa shape index (κ2) is 7.22. The standard InChI is InChI=1S/C14H28N2O3/c1-5-19-12-6-8-16(9-7-12)11(2)10-14(3,15-4)13(17)18/h11-12,15H,5-10H2,1-4H3,(H,17,18). The maximum absolute atomic E-state index is 11.3. The monoisotopic (exact) mass is 272 g/mol. The van der Waals surface area contributed by atoms with E-state index in [0.29, 0.717) is 12.5 Å². The van der Waals surface area contributed by atoms with Gasteiger partial charge in [0.2, 0.25) is 0 Å². The maximum atomic E-state index is 11.3. The van der Waals surface area contributed by atoms with Gasteiger partial charge in [-0.05, 0) is 47.1 Å². The SMILES string of the molecule is CCOC1CCN(C(C)CC(C)(NC)C(=O)O)CC1. The van der Waals surface area contributed by atoms with E-state index in [1.807, 2.05) is 6.92 Å². The van der Waals surface area contributed by atoms with Crippen LogP contribution in [0.15, 0.2) is 0 Å². The minimum atomic E-state index is -0.851. The Morgan fingerprint density at radius 3 is 2.53 bits per heavy atom. The third-order valence-electron chi connectivity index (χ3n) is 4.23. The molecule has 0 saturated carbocycles. The first-order valence-electron chi connectivity index (χ1n) is 7.21. The highest BCUT2D eigenvalue weighted by molar-refractivity contribution is 5.78. The number of carboxylic acid groups (broad SMARTS) is 1. The predicted octanol–water partition coefficient (Wildman–Crippen LogP) is 1.33. The van der Waals surface area contributed by atoms with E-state index in [0.717, 1.165) is 32.5 Å². The number of hydrogen-bond acceptors (Lipinski definition) is 4. The van der Waals surface area contributed by atoms with E-state index in [1.165, 1.54) is 0 Å². The minimum absolute atomic E-state index is 0.260. The van der Waals surface area contributed by atoms with Crippen LogP contribution >= 0.6 is 0 Å². The first-order valence-corrected chi connectivity index (χ1v) is 7.21. The molecule has 0 spiro atoms. The number of hydrogen-bond donors (Lipinski definition) is 2. The van der Waals surface area contributed by atoms with Gasteiger partial charge in [0, 0.05) is 25.7 Å². The molecule has 1 fully saturated rings. The molecule has 1 heterocycles. The zero-order chi connectivity index (χ0) is 14.5. The van der Waals surface area contributed by atoms with Gasteiger partial charge in [0.05, 0.1) is 6.10 Å². The molecule has 19 heavy (non-hydrogen) atoms. The van der Waals surface area contributed by atoms with Crippen molar-refractivity contribution in [2.24, 2.45) is 0 Å². The third-order valence-corrected chi connectivity index (χ3v) is 4.23. The van der Waals surface area contributed by atoms with Gasteiger partial charge in [-0.25, -0.2) is 0 Å². The second-order valence-corrected chi connectivity index (χ2v) is 5.63. The Bertz CT molecular complexity index is 290. The Morgan fingerprint density at radius 1 is 1.53 bits per heavy atom. The molecule has 0 amide bonds. The molecule has 1 rings (SSSR count). The van der Waals surface area contributed by atoms with E-state index in [9.17, 15) is 9.90 Å². The number of rotatable bonds is 7. The summed E-state index contributed by atoms with van der Waals surface area (Å²) in [6, 6.07) is 0.260. The zero-order valence-corrected chi connectivity index (χ0v) is 12.6. The van der Waals surface area contributed by atoms with Crippen LogP contribution in [0.2, 0.25) is 0 Å². The van der Waals surface area contributed by atoms with E-state index in [1.54, 1.807) is 14.0 Å². The van der Waals surface area contributed by atoms with E-state index in [2.05, 4.69) is 17.1 Å². The summed E-state index contributed by atoms with van der Waals surface area (Å²) in [6.45, 7) is 8.64. The van der Waals surface area contributed by atoms with Crippen LogP contribution in [0, 0.1) is 0 Å². The minimum Gasteiger partial charge on any atom is -0.480 e. The molecular weight excluding hydrogens is 244 g/mol. The second-order valence-electron chi connectivity index (χ2n) is 5.63. The van der Waals surface area contributed by atoms with Crippen molar-refractivity contribution >= 4 is 5.97 Å². The molecule has 0 aromatic carbocycles. The highest BCUT2D eigenvalue weighted by Crippen LogP contribution is 2.21. The van der Waals surface area contributed by atoms with Crippen molar-refractivity contribution in [2.45, 2.75) is 57.7 Å². The quantitative estimate of drug-likeness (QED) is 0.732. The summed E-state index contributed by atoms with van der Waals surface area (Å²) in [7, 11) is 1.71. The summed E-state index contributed by atoms with van der Waals surface area (Å²) in [6.07, 6.45) is 3.07. The number of carboxylic acids is 1. The number of likely N-dealkylation sites (tertiary alicyclic amines) is 1. The van der Waals surface area contributed by atoms with Gasteiger partial charge in [-0.15, -0.1) is 0 Å². The Kier molecular flexibility index (Phi) is 6.23. The van der Waals surface area contributed by atoms with Gasteiger partial charge in [-0.3, -0.25) is 4.79 Å². The lowest BCUT2D eigenvalue weighted by molar-refractivity contribution is -0.145. The van der Waals surface area contributed by atoms with Gasteiger partial charge in [0.25, 0.3) is 0 Å². The summed E-state index contributed by atoms with van der Waals surface area (Å²) in [4.78, 5) is 13.7. The molecule has 2 atom stereocenters. The van der Waals surface area contributed by atoms with Crippen molar-refractivity contribution in [2.75, 3.05) is 26.7 Å². The Labute approximate surface area is 116 Å². The number of nitrogens with zero attached hydrogens (tertiary/aromatic N) is 1. The van der Waals surface area contributed by atoms with Crippen molar-refractivity contribution in [3.8, 4) is 0 Å². The smallest absolute Gasteiger partial charge is 0.323 e. The lowest BCUT2D eigenvalue weighted by Crippen LogP contribution is -2.53. The first kappa shape index (κ1) is 16.4. The van der Waals surface area contributed by atoms with Gasteiger partial charge < -0.3 is 20.1 Å². The molecule has 5 nitrogen and oxygen atoms in total. The molecule has 112 valence electrons.